The Morgan fingerprint density at radius 3 is 2.86 bits per heavy atom. The number of aromatic amines is 2. The lowest BCUT2D eigenvalue weighted by Crippen LogP contribution is -2.46. The molecule has 0 saturated carbocycles. The summed E-state index contributed by atoms with van der Waals surface area (Å²) in [5.41, 5.74) is 1.07. The zero-order valence-corrected chi connectivity index (χ0v) is 16.0. The summed E-state index contributed by atoms with van der Waals surface area (Å²) in [6, 6.07) is 6.22. The first-order chi connectivity index (χ1) is 14.0. The van der Waals surface area contributed by atoms with E-state index in [4.69, 9.17) is 0 Å². The van der Waals surface area contributed by atoms with Gasteiger partial charge >= 0.3 is 11.7 Å². The average molecular weight is 411 g/mol. The lowest BCUT2D eigenvalue weighted by atomic mass is 9.80. The standard InChI is InChI=1S/C19H17N5O4S/c25-15(20-10-3-4-12-13(8-10)22-17(27)21-12)9-24-16(26)19(23-18(24)28)6-1-2-14-11(19)5-7-29-14/h3-5,7-8H,1-2,6,9H2,(H,20,25)(H,23,28)(H2,21,22,27)/t19-/m0/s1. The molecule has 2 aromatic heterocycles. The van der Waals surface area contributed by atoms with Gasteiger partial charge in [0, 0.05) is 16.1 Å². The molecule has 4 N–H and O–H groups in total. The van der Waals surface area contributed by atoms with Crippen LogP contribution in [0.1, 0.15) is 23.3 Å². The minimum Gasteiger partial charge on any atom is -0.324 e. The molecular formula is C19H17N5O4S. The lowest BCUT2D eigenvalue weighted by Gasteiger charge is -2.31. The first-order valence-corrected chi connectivity index (χ1v) is 10.1. The Kier molecular flexibility index (Phi) is 3.85. The number of amides is 4. The van der Waals surface area contributed by atoms with Crippen LogP contribution in [0.5, 0.6) is 0 Å². The van der Waals surface area contributed by atoms with Crippen molar-refractivity contribution in [3.8, 4) is 0 Å². The Morgan fingerprint density at radius 2 is 2.00 bits per heavy atom. The number of rotatable bonds is 3. The number of nitrogens with one attached hydrogen (secondary N) is 4. The van der Waals surface area contributed by atoms with Gasteiger partial charge in [-0.3, -0.25) is 14.5 Å². The number of imide groups is 1. The van der Waals surface area contributed by atoms with Crippen molar-refractivity contribution in [2.24, 2.45) is 0 Å². The fourth-order valence-corrected chi connectivity index (χ4v) is 5.14. The number of carbonyl (C=O) groups excluding carboxylic acids is 3. The van der Waals surface area contributed by atoms with Gasteiger partial charge in [-0.1, -0.05) is 0 Å². The minimum absolute atomic E-state index is 0.339. The number of aryl methyl sites for hydroxylation is 1. The van der Waals surface area contributed by atoms with Crippen LogP contribution in [0.4, 0.5) is 10.5 Å². The molecule has 1 aliphatic carbocycles. The summed E-state index contributed by atoms with van der Waals surface area (Å²) in [5.74, 6) is -0.883. The van der Waals surface area contributed by atoms with Gasteiger partial charge in [-0.25, -0.2) is 9.59 Å². The van der Waals surface area contributed by atoms with Crippen molar-refractivity contribution >= 4 is 45.9 Å². The molecule has 9 nitrogen and oxygen atoms in total. The Bertz CT molecular complexity index is 1220. The molecule has 10 heteroatoms. The van der Waals surface area contributed by atoms with Gasteiger partial charge in [-0.05, 0) is 48.9 Å². The maximum atomic E-state index is 13.1. The molecule has 1 fully saturated rings. The summed E-state index contributed by atoms with van der Waals surface area (Å²) < 4.78 is 0. The molecule has 148 valence electrons. The van der Waals surface area contributed by atoms with Crippen LogP contribution in [-0.2, 0) is 21.5 Å². The second-order valence-corrected chi connectivity index (χ2v) is 8.23. The van der Waals surface area contributed by atoms with Crippen molar-refractivity contribution in [3.63, 3.8) is 0 Å². The summed E-state index contributed by atoms with van der Waals surface area (Å²) in [5, 5.41) is 7.42. The number of aromatic nitrogens is 2. The van der Waals surface area contributed by atoms with E-state index >= 15 is 0 Å². The fourth-order valence-electron chi connectivity index (χ4n) is 4.14. The number of H-pyrrole nitrogens is 2. The van der Waals surface area contributed by atoms with E-state index in [2.05, 4.69) is 20.6 Å². The predicted molar refractivity (Wildman–Crippen MR) is 107 cm³/mol. The first-order valence-electron chi connectivity index (χ1n) is 9.19. The average Bonchev–Trinajstić information content (AvgIpc) is 3.35. The van der Waals surface area contributed by atoms with Gasteiger partial charge in [-0.2, -0.15) is 0 Å². The van der Waals surface area contributed by atoms with Gasteiger partial charge in [0.15, 0.2) is 0 Å². The number of nitrogens with zero attached hydrogens (tertiary/aromatic N) is 1. The van der Waals surface area contributed by atoms with Crippen LogP contribution >= 0.6 is 11.3 Å². The van der Waals surface area contributed by atoms with Gasteiger partial charge in [0.1, 0.15) is 12.1 Å². The van der Waals surface area contributed by atoms with Crippen LogP contribution in [0.15, 0.2) is 34.4 Å². The zero-order valence-electron chi connectivity index (χ0n) is 15.2. The summed E-state index contributed by atoms with van der Waals surface area (Å²) in [4.78, 5) is 56.8. The van der Waals surface area contributed by atoms with Crippen LogP contribution in [0.3, 0.4) is 0 Å². The van der Waals surface area contributed by atoms with E-state index in [1.807, 2.05) is 11.4 Å². The van der Waals surface area contributed by atoms with E-state index in [1.54, 1.807) is 29.5 Å². The molecule has 1 aliphatic heterocycles. The minimum atomic E-state index is -1.06. The van der Waals surface area contributed by atoms with Gasteiger partial charge in [0.2, 0.25) is 5.91 Å². The molecule has 2 aliphatic rings. The molecular weight excluding hydrogens is 394 g/mol. The van der Waals surface area contributed by atoms with Crippen LogP contribution in [-0.4, -0.2) is 39.3 Å². The number of benzene rings is 1. The number of carbonyl (C=O) groups is 3. The van der Waals surface area contributed by atoms with E-state index in [9.17, 15) is 19.2 Å². The van der Waals surface area contributed by atoms with Gasteiger partial charge < -0.3 is 20.6 Å². The van der Waals surface area contributed by atoms with E-state index in [-0.39, 0.29) is 18.1 Å². The van der Waals surface area contributed by atoms with Gasteiger partial charge in [-0.15, -0.1) is 11.3 Å². The topological polar surface area (TPSA) is 127 Å². The molecule has 4 amide bonds. The molecule has 3 heterocycles. The van der Waals surface area contributed by atoms with Crippen LogP contribution in [0.25, 0.3) is 11.0 Å². The first kappa shape index (κ1) is 17.7. The van der Waals surface area contributed by atoms with Crippen LogP contribution in [0, 0.1) is 0 Å². The van der Waals surface area contributed by atoms with Crippen molar-refractivity contribution in [2.45, 2.75) is 24.8 Å². The van der Waals surface area contributed by atoms with Crippen LogP contribution < -0.4 is 16.3 Å². The highest BCUT2D eigenvalue weighted by Crippen LogP contribution is 2.42. The number of urea groups is 1. The Morgan fingerprint density at radius 1 is 1.17 bits per heavy atom. The number of fused-ring (bicyclic) bond motifs is 3. The second kappa shape index (κ2) is 6.31. The third-order valence-electron chi connectivity index (χ3n) is 5.44. The smallest absolute Gasteiger partial charge is 0.324 e. The zero-order chi connectivity index (χ0) is 20.2. The summed E-state index contributed by atoms with van der Waals surface area (Å²) in [6.45, 7) is -0.381. The van der Waals surface area contributed by atoms with Crippen molar-refractivity contribution in [2.75, 3.05) is 11.9 Å². The molecule has 0 unspecified atom stereocenters. The molecule has 1 aromatic carbocycles. The number of thiophene rings is 1. The largest absolute Gasteiger partial charge is 0.325 e. The maximum Gasteiger partial charge on any atom is 0.325 e. The molecule has 1 atom stereocenters. The van der Waals surface area contributed by atoms with E-state index in [0.717, 1.165) is 28.2 Å². The summed E-state index contributed by atoms with van der Waals surface area (Å²) in [7, 11) is 0. The Labute approximate surface area is 168 Å². The normalized spacial score (nSPS) is 20.9. The third kappa shape index (κ3) is 2.75. The van der Waals surface area contributed by atoms with Crippen molar-refractivity contribution < 1.29 is 14.4 Å². The van der Waals surface area contributed by atoms with Crippen molar-refractivity contribution in [1.82, 2.24) is 20.2 Å². The van der Waals surface area contributed by atoms with Crippen molar-refractivity contribution in [1.29, 1.82) is 0 Å². The predicted octanol–water partition coefficient (Wildman–Crippen LogP) is 1.64. The Balaban J connectivity index is 1.35. The highest BCUT2D eigenvalue weighted by molar-refractivity contribution is 7.10. The number of anilines is 1. The molecule has 1 spiro atoms. The maximum absolute atomic E-state index is 13.1. The molecule has 3 aromatic rings. The summed E-state index contributed by atoms with van der Waals surface area (Å²) in [6.07, 6.45) is 2.22. The third-order valence-corrected chi connectivity index (χ3v) is 6.42. The lowest BCUT2D eigenvalue weighted by molar-refractivity contribution is -0.134. The monoisotopic (exact) mass is 411 g/mol. The summed E-state index contributed by atoms with van der Waals surface area (Å²) >= 11 is 1.58. The molecule has 5 rings (SSSR count). The molecule has 0 radical (unpaired) electrons. The van der Waals surface area contributed by atoms with Crippen LogP contribution in [0.2, 0.25) is 0 Å². The molecule has 1 saturated heterocycles. The highest BCUT2D eigenvalue weighted by Gasteiger charge is 2.54. The SMILES string of the molecule is O=C(CN1C(=O)N[C@]2(CCCc3sccc32)C1=O)Nc1ccc2[nH]c(=O)[nH]c2c1. The molecule has 29 heavy (non-hydrogen) atoms. The van der Waals surface area contributed by atoms with E-state index < -0.39 is 17.5 Å². The quantitative estimate of drug-likeness (QED) is 0.489. The number of imidazole rings is 1. The molecule has 0 bridgehead atoms. The fraction of sp³-hybridized carbons (Fsp3) is 0.263. The van der Waals surface area contributed by atoms with E-state index in [1.165, 1.54) is 0 Å². The van der Waals surface area contributed by atoms with Gasteiger partial charge in [0.05, 0.1) is 11.0 Å². The second-order valence-electron chi connectivity index (χ2n) is 7.23. The Hall–Kier alpha value is -3.40. The number of hydrogen-bond acceptors (Lipinski definition) is 5. The van der Waals surface area contributed by atoms with Gasteiger partial charge in [0.25, 0.3) is 5.91 Å². The number of hydrogen-bond donors (Lipinski definition) is 4. The van der Waals surface area contributed by atoms with Crippen molar-refractivity contribution in [3.05, 3.63) is 50.6 Å². The highest BCUT2D eigenvalue weighted by atomic mass is 32.1. The van der Waals surface area contributed by atoms with E-state index in [0.29, 0.717) is 23.1 Å².